The van der Waals surface area contributed by atoms with Gasteiger partial charge in [-0.2, -0.15) is 5.26 Å². The van der Waals surface area contributed by atoms with E-state index in [1.54, 1.807) is 24.3 Å². The van der Waals surface area contributed by atoms with Gasteiger partial charge in [-0.15, -0.1) is 0 Å². The number of ether oxygens (including phenoxy) is 1. The zero-order valence-electron chi connectivity index (χ0n) is 13.0. The van der Waals surface area contributed by atoms with Crippen molar-refractivity contribution in [1.29, 1.82) is 5.26 Å². The highest BCUT2D eigenvalue weighted by atomic mass is 19.1. The first-order valence-corrected chi connectivity index (χ1v) is 7.39. The molecule has 2 aromatic carbocycles. The van der Waals surface area contributed by atoms with E-state index in [9.17, 15) is 14.3 Å². The molecule has 0 saturated heterocycles. The highest BCUT2D eigenvalue weighted by Gasteiger charge is 2.24. The van der Waals surface area contributed by atoms with Crippen LogP contribution in [-0.4, -0.2) is 18.2 Å². The Balaban J connectivity index is 2.24. The second-order valence-corrected chi connectivity index (χ2v) is 5.48. The van der Waals surface area contributed by atoms with Crippen LogP contribution in [0.5, 0.6) is 5.75 Å². The highest BCUT2D eigenvalue weighted by Crippen LogP contribution is 2.40. The second-order valence-electron chi connectivity index (χ2n) is 5.48. The van der Waals surface area contributed by atoms with Gasteiger partial charge in [-0.25, -0.2) is 9.18 Å². The molecule has 1 N–H and O–H groups in total. The van der Waals surface area contributed by atoms with E-state index in [1.165, 1.54) is 19.2 Å². The van der Waals surface area contributed by atoms with E-state index in [4.69, 9.17) is 10.00 Å². The molecule has 0 bridgehead atoms. The van der Waals surface area contributed by atoms with Crippen LogP contribution in [0.1, 0.15) is 39.0 Å². The van der Waals surface area contributed by atoms with Crippen LogP contribution in [0.3, 0.4) is 0 Å². The number of fused-ring (bicyclic) bond motifs is 1. The van der Waals surface area contributed by atoms with E-state index in [-0.39, 0.29) is 17.8 Å². The molecule has 0 spiro atoms. The lowest BCUT2D eigenvalue weighted by atomic mass is 9.84. The third-order valence-corrected chi connectivity index (χ3v) is 4.11. The topological polar surface area (TPSA) is 70.3 Å². The molecule has 24 heavy (non-hydrogen) atoms. The summed E-state index contributed by atoms with van der Waals surface area (Å²) < 4.78 is 20.0. The molecule has 0 radical (unpaired) electrons. The van der Waals surface area contributed by atoms with Crippen molar-refractivity contribution in [2.75, 3.05) is 7.11 Å². The molecule has 1 aliphatic rings. The van der Waals surface area contributed by atoms with Gasteiger partial charge in [0.25, 0.3) is 0 Å². The minimum absolute atomic E-state index is 0.105. The summed E-state index contributed by atoms with van der Waals surface area (Å²) in [5.41, 5.74) is 2.81. The van der Waals surface area contributed by atoms with Gasteiger partial charge in [0.15, 0.2) is 0 Å². The van der Waals surface area contributed by atoms with Crippen LogP contribution in [0.15, 0.2) is 42.2 Å². The van der Waals surface area contributed by atoms with Crippen molar-refractivity contribution in [3.05, 3.63) is 70.0 Å². The number of hydrogen-bond acceptors (Lipinski definition) is 3. The molecule has 2 aromatic rings. The molecule has 0 unspecified atom stereocenters. The average molecular weight is 323 g/mol. The van der Waals surface area contributed by atoms with Crippen molar-refractivity contribution in [3.63, 3.8) is 0 Å². The van der Waals surface area contributed by atoms with Crippen LogP contribution in [0.4, 0.5) is 4.39 Å². The number of rotatable bonds is 3. The number of nitriles is 1. The Kier molecular flexibility index (Phi) is 4.05. The number of methoxy groups -OCH3 is 1. The van der Waals surface area contributed by atoms with Gasteiger partial charge in [0.1, 0.15) is 11.6 Å². The maximum atomic E-state index is 14.7. The molecule has 120 valence electrons. The number of benzene rings is 2. The zero-order chi connectivity index (χ0) is 17.3. The Bertz CT molecular complexity index is 909. The SMILES string of the molecule is COc1cc(C#N)ccc1C1=C(F)CCc2ccc(C(=O)O)cc21. The quantitative estimate of drug-likeness (QED) is 0.929. The monoisotopic (exact) mass is 323 g/mol. The second kappa shape index (κ2) is 6.17. The molecule has 0 aliphatic heterocycles. The number of hydrogen-bond donors (Lipinski definition) is 1. The third-order valence-electron chi connectivity index (χ3n) is 4.11. The molecule has 1 aliphatic carbocycles. The number of aromatic carboxylic acids is 1. The fraction of sp³-hybridized carbons (Fsp3) is 0.158. The zero-order valence-corrected chi connectivity index (χ0v) is 13.0. The molecular weight excluding hydrogens is 309 g/mol. The minimum atomic E-state index is -1.06. The number of allylic oxidation sites excluding steroid dienone is 1. The van der Waals surface area contributed by atoms with E-state index in [0.717, 1.165) is 5.56 Å². The average Bonchev–Trinajstić information content (AvgIpc) is 2.60. The molecule has 0 aromatic heterocycles. The predicted octanol–water partition coefficient (Wildman–Crippen LogP) is 3.94. The summed E-state index contributed by atoms with van der Waals surface area (Å²) >= 11 is 0. The number of halogens is 1. The van der Waals surface area contributed by atoms with Crippen LogP contribution in [0, 0.1) is 11.3 Å². The van der Waals surface area contributed by atoms with Crippen LogP contribution in [0.25, 0.3) is 5.57 Å². The summed E-state index contributed by atoms with van der Waals surface area (Å²) in [4.78, 5) is 11.2. The maximum absolute atomic E-state index is 14.7. The first-order valence-electron chi connectivity index (χ1n) is 7.39. The lowest BCUT2D eigenvalue weighted by Crippen LogP contribution is -2.08. The van der Waals surface area contributed by atoms with Gasteiger partial charge in [0, 0.05) is 17.6 Å². The van der Waals surface area contributed by atoms with E-state index < -0.39 is 5.97 Å². The van der Waals surface area contributed by atoms with Gasteiger partial charge in [-0.05, 0) is 47.9 Å². The summed E-state index contributed by atoms with van der Waals surface area (Å²) in [5, 5.41) is 18.2. The lowest BCUT2D eigenvalue weighted by Gasteiger charge is -2.22. The molecule has 0 amide bonds. The first kappa shape index (κ1) is 15.8. The summed E-state index contributed by atoms with van der Waals surface area (Å²) in [5.74, 6) is -0.990. The Labute approximate surface area is 138 Å². The van der Waals surface area contributed by atoms with E-state index >= 15 is 0 Å². The Morgan fingerprint density at radius 3 is 2.67 bits per heavy atom. The summed E-state index contributed by atoms with van der Waals surface area (Å²) in [6.45, 7) is 0. The molecule has 0 saturated carbocycles. The number of aryl methyl sites for hydroxylation is 1. The molecule has 0 fully saturated rings. The van der Waals surface area contributed by atoms with E-state index in [0.29, 0.717) is 34.4 Å². The summed E-state index contributed by atoms with van der Waals surface area (Å²) in [6, 6.07) is 11.5. The van der Waals surface area contributed by atoms with Crippen molar-refractivity contribution < 1.29 is 19.0 Å². The normalized spacial score (nSPS) is 13.2. The minimum Gasteiger partial charge on any atom is -0.496 e. The van der Waals surface area contributed by atoms with Gasteiger partial charge in [0.2, 0.25) is 0 Å². The molecule has 0 heterocycles. The fourth-order valence-electron chi connectivity index (χ4n) is 2.93. The van der Waals surface area contributed by atoms with Crippen LogP contribution in [-0.2, 0) is 6.42 Å². The largest absolute Gasteiger partial charge is 0.496 e. The number of nitrogens with zero attached hydrogens (tertiary/aromatic N) is 1. The maximum Gasteiger partial charge on any atom is 0.335 e. The van der Waals surface area contributed by atoms with Crippen LogP contribution < -0.4 is 4.74 Å². The number of carboxylic acid groups (broad SMARTS) is 1. The van der Waals surface area contributed by atoms with Gasteiger partial charge >= 0.3 is 5.97 Å². The van der Waals surface area contributed by atoms with Crippen molar-refractivity contribution >= 4 is 11.5 Å². The molecule has 3 rings (SSSR count). The fourth-order valence-corrected chi connectivity index (χ4v) is 2.93. The smallest absolute Gasteiger partial charge is 0.335 e. The van der Waals surface area contributed by atoms with Gasteiger partial charge in [-0.1, -0.05) is 6.07 Å². The van der Waals surface area contributed by atoms with Gasteiger partial charge in [0.05, 0.1) is 24.3 Å². The molecular formula is C19H14FNO3. The first-order chi connectivity index (χ1) is 11.5. The van der Waals surface area contributed by atoms with Crippen molar-refractivity contribution in [3.8, 4) is 11.8 Å². The Morgan fingerprint density at radius 2 is 2.00 bits per heavy atom. The summed E-state index contributed by atoms with van der Waals surface area (Å²) in [7, 11) is 1.45. The van der Waals surface area contributed by atoms with Crippen LogP contribution in [0.2, 0.25) is 0 Å². The Hall–Kier alpha value is -3.13. The number of carbonyl (C=O) groups is 1. The Morgan fingerprint density at radius 1 is 1.21 bits per heavy atom. The van der Waals surface area contributed by atoms with E-state index in [1.807, 2.05) is 6.07 Å². The standard InChI is InChI=1S/C19H14FNO3/c1-24-17-8-11(10-21)2-6-14(17)18-15-9-13(19(22)23)4-3-12(15)5-7-16(18)20/h2-4,6,8-9H,5,7H2,1H3,(H,22,23). The van der Waals surface area contributed by atoms with Gasteiger partial charge in [-0.3, -0.25) is 0 Å². The van der Waals surface area contributed by atoms with Crippen molar-refractivity contribution in [2.24, 2.45) is 0 Å². The van der Waals surface area contributed by atoms with Crippen LogP contribution >= 0.6 is 0 Å². The third kappa shape index (κ3) is 2.63. The van der Waals surface area contributed by atoms with Crippen molar-refractivity contribution in [1.82, 2.24) is 0 Å². The lowest BCUT2D eigenvalue weighted by molar-refractivity contribution is 0.0697. The van der Waals surface area contributed by atoms with Crippen molar-refractivity contribution in [2.45, 2.75) is 12.8 Å². The molecule has 4 nitrogen and oxygen atoms in total. The molecule has 0 atom stereocenters. The summed E-state index contributed by atoms with van der Waals surface area (Å²) in [6.07, 6.45) is 0.765. The predicted molar refractivity (Wildman–Crippen MR) is 86.6 cm³/mol. The molecule has 5 heteroatoms. The van der Waals surface area contributed by atoms with E-state index in [2.05, 4.69) is 0 Å². The number of carboxylic acids is 1. The van der Waals surface area contributed by atoms with Gasteiger partial charge < -0.3 is 9.84 Å². The highest BCUT2D eigenvalue weighted by molar-refractivity contribution is 5.92.